The van der Waals surface area contributed by atoms with Crippen molar-refractivity contribution in [3.63, 3.8) is 0 Å². The molecule has 1 aromatic carbocycles. The second kappa shape index (κ2) is 7.31. The lowest BCUT2D eigenvalue weighted by Crippen LogP contribution is -2.24. The van der Waals surface area contributed by atoms with E-state index in [1.165, 1.54) is 18.5 Å². The summed E-state index contributed by atoms with van der Waals surface area (Å²) in [6.45, 7) is 2.99. The lowest BCUT2D eigenvalue weighted by Gasteiger charge is -2.19. The Morgan fingerprint density at radius 1 is 1.30 bits per heavy atom. The van der Waals surface area contributed by atoms with Crippen LogP contribution in [0.15, 0.2) is 36.9 Å². The maximum Gasteiger partial charge on any atom is 0.124 e. The van der Waals surface area contributed by atoms with E-state index in [1.807, 2.05) is 0 Å². The summed E-state index contributed by atoms with van der Waals surface area (Å²) in [5.74, 6) is -0.320. The molecule has 1 aromatic heterocycles. The van der Waals surface area contributed by atoms with Gasteiger partial charge in [-0.15, -0.1) is 0 Å². The number of benzene rings is 1. The van der Waals surface area contributed by atoms with Gasteiger partial charge in [-0.3, -0.25) is 0 Å². The van der Waals surface area contributed by atoms with Gasteiger partial charge in [-0.25, -0.2) is 14.4 Å². The molecular formula is C15H17ClFN3. The quantitative estimate of drug-likeness (QED) is 0.885. The largest absolute Gasteiger partial charge is 0.310 e. The van der Waals surface area contributed by atoms with Crippen LogP contribution in [0.5, 0.6) is 0 Å². The van der Waals surface area contributed by atoms with Crippen molar-refractivity contribution in [2.45, 2.75) is 25.8 Å². The van der Waals surface area contributed by atoms with Gasteiger partial charge in [-0.2, -0.15) is 0 Å². The molecule has 1 N–H and O–H groups in total. The highest BCUT2D eigenvalue weighted by Crippen LogP contribution is 2.23. The fourth-order valence-electron chi connectivity index (χ4n) is 2.02. The summed E-state index contributed by atoms with van der Waals surface area (Å²) < 4.78 is 13.1. The Labute approximate surface area is 123 Å². The van der Waals surface area contributed by atoms with Gasteiger partial charge in [-0.1, -0.05) is 24.6 Å². The van der Waals surface area contributed by atoms with Crippen LogP contribution in [-0.2, 0) is 6.42 Å². The van der Waals surface area contributed by atoms with Crippen LogP contribution in [0.25, 0.3) is 0 Å². The summed E-state index contributed by atoms with van der Waals surface area (Å²) in [6.07, 6.45) is 6.79. The highest BCUT2D eigenvalue weighted by Gasteiger charge is 2.14. The first-order valence-electron chi connectivity index (χ1n) is 6.63. The molecule has 1 heterocycles. The van der Waals surface area contributed by atoms with Crippen LogP contribution in [0.2, 0.25) is 5.02 Å². The van der Waals surface area contributed by atoms with Crippen molar-refractivity contribution in [1.82, 2.24) is 15.3 Å². The van der Waals surface area contributed by atoms with Crippen LogP contribution in [0.3, 0.4) is 0 Å². The number of nitrogens with zero attached hydrogens (tertiary/aromatic N) is 2. The molecule has 5 heteroatoms. The Morgan fingerprint density at radius 3 is 2.70 bits per heavy atom. The molecule has 0 saturated heterocycles. The van der Waals surface area contributed by atoms with Gasteiger partial charge in [0.2, 0.25) is 0 Å². The summed E-state index contributed by atoms with van der Waals surface area (Å²) in [4.78, 5) is 8.10. The van der Waals surface area contributed by atoms with Crippen LogP contribution in [-0.4, -0.2) is 16.5 Å². The molecule has 2 rings (SSSR count). The minimum atomic E-state index is -0.320. The van der Waals surface area contributed by atoms with Crippen LogP contribution in [0.1, 0.15) is 30.5 Å². The zero-order chi connectivity index (χ0) is 14.4. The third-order valence-electron chi connectivity index (χ3n) is 3.06. The van der Waals surface area contributed by atoms with Crippen molar-refractivity contribution < 1.29 is 4.39 Å². The van der Waals surface area contributed by atoms with Gasteiger partial charge in [0.1, 0.15) is 12.1 Å². The normalized spacial score (nSPS) is 12.3. The molecule has 1 unspecified atom stereocenters. The molecule has 0 bridgehead atoms. The van der Waals surface area contributed by atoms with E-state index in [-0.39, 0.29) is 11.9 Å². The lowest BCUT2D eigenvalue weighted by molar-refractivity contribution is 0.525. The Morgan fingerprint density at radius 2 is 2.05 bits per heavy atom. The Hall–Kier alpha value is -1.52. The fourth-order valence-corrected chi connectivity index (χ4v) is 2.27. The van der Waals surface area contributed by atoms with Crippen molar-refractivity contribution in [2.24, 2.45) is 0 Å². The first-order chi connectivity index (χ1) is 9.70. The van der Waals surface area contributed by atoms with E-state index in [2.05, 4.69) is 22.2 Å². The third kappa shape index (κ3) is 3.99. The highest BCUT2D eigenvalue weighted by atomic mass is 35.5. The van der Waals surface area contributed by atoms with E-state index in [1.54, 1.807) is 18.5 Å². The van der Waals surface area contributed by atoms with Gasteiger partial charge in [-0.05, 0) is 37.1 Å². The van der Waals surface area contributed by atoms with Crippen LogP contribution in [0.4, 0.5) is 4.39 Å². The SMILES string of the molecule is CCCNC(Cc1ccc(F)cc1Cl)c1cncnc1. The summed E-state index contributed by atoms with van der Waals surface area (Å²) in [6, 6.07) is 4.57. The Balaban J connectivity index is 2.19. The van der Waals surface area contributed by atoms with Crippen molar-refractivity contribution in [3.8, 4) is 0 Å². The minimum absolute atomic E-state index is 0.0686. The molecule has 0 saturated carbocycles. The molecule has 0 amide bonds. The van der Waals surface area contributed by atoms with Crippen molar-refractivity contribution >= 4 is 11.6 Å². The Bertz CT molecular complexity index is 548. The molecule has 2 aromatic rings. The van der Waals surface area contributed by atoms with E-state index in [0.29, 0.717) is 11.4 Å². The number of aromatic nitrogens is 2. The molecule has 3 nitrogen and oxygen atoms in total. The van der Waals surface area contributed by atoms with E-state index in [9.17, 15) is 4.39 Å². The topological polar surface area (TPSA) is 37.8 Å². The first-order valence-corrected chi connectivity index (χ1v) is 7.00. The molecule has 1 atom stereocenters. The second-order valence-electron chi connectivity index (χ2n) is 4.62. The van der Waals surface area contributed by atoms with Gasteiger partial charge in [0.15, 0.2) is 0 Å². The van der Waals surface area contributed by atoms with Gasteiger partial charge >= 0.3 is 0 Å². The molecule has 0 aliphatic rings. The van der Waals surface area contributed by atoms with Crippen molar-refractivity contribution in [2.75, 3.05) is 6.54 Å². The molecule has 0 aliphatic carbocycles. The van der Waals surface area contributed by atoms with Gasteiger partial charge < -0.3 is 5.32 Å². The van der Waals surface area contributed by atoms with Crippen LogP contribution < -0.4 is 5.32 Å². The van der Waals surface area contributed by atoms with E-state index in [0.717, 1.165) is 24.1 Å². The predicted octanol–water partition coefficient (Wildman–Crippen LogP) is 3.55. The molecule has 0 spiro atoms. The smallest absolute Gasteiger partial charge is 0.124 e. The maximum absolute atomic E-state index is 13.1. The highest BCUT2D eigenvalue weighted by molar-refractivity contribution is 6.31. The number of hydrogen-bond acceptors (Lipinski definition) is 3. The minimum Gasteiger partial charge on any atom is -0.310 e. The van der Waals surface area contributed by atoms with Crippen LogP contribution in [0, 0.1) is 5.82 Å². The van der Waals surface area contributed by atoms with Crippen molar-refractivity contribution in [1.29, 1.82) is 0 Å². The summed E-state index contributed by atoms with van der Waals surface area (Å²) in [7, 11) is 0. The summed E-state index contributed by atoms with van der Waals surface area (Å²) in [5.41, 5.74) is 1.91. The molecule has 20 heavy (non-hydrogen) atoms. The summed E-state index contributed by atoms with van der Waals surface area (Å²) in [5, 5.41) is 3.89. The molecular weight excluding hydrogens is 277 g/mol. The third-order valence-corrected chi connectivity index (χ3v) is 3.41. The number of nitrogens with one attached hydrogen (secondary N) is 1. The number of halogens is 2. The Kier molecular flexibility index (Phi) is 5.44. The van der Waals surface area contributed by atoms with Gasteiger partial charge in [0, 0.05) is 29.0 Å². The maximum atomic E-state index is 13.1. The molecule has 0 fully saturated rings. The summed E-state index contributed by atoms with van der Waals surface area (Å²) >= 11 is 6.10. The van der Waals surface area contributed by atoms with E-state index in [4.69, 9.17) is 11.6 Å². The molecule has 0 radical (unpaired) electrons. The average Bonchev–Trinajstić information content (AvgIpc) is 2.46. The van der Waals surface area contributed by atoms with Crippen LogP contribution >= 0.6 is 11.6 Å². The standard InChI is InChI=1S/C15H17ClFN3/c1-2-5-20-15(12-8-18-10-19-9-12)6-11-3-4-13(17)7-14(11)16/h3-4,7-10,15,20H,2,5-6H2,1H3. The zero-order valence-electron chi connectivity index (χ0n) is 11.3. The first kappa shape index (κ1) is 14.9. The monoisotopic (exact) mass is 293 g/mol. The number of rotatable bonds is 6. The molecule has 0 aliphatic heterocycles. The zero-order valence-corrected chi connectivity index (χ0v) is 12.1. The van der Waals surface area contributed by atoms with E-state index < -0.39 is 0 Å². The second-order valence-corrected chi connectivity index (χ2v) is 5.03. The lowest BCUT2D eigenvalue weighted by atomic mass is 10.0. The van der Waals surface area contributed by atoms with Crippen molar-refractivity contribution in [3.05, 3.63) is 58.9 Å². The van der Waals surface area contributed by atoms with Gasteiger partial charge in [0.25, 0.3) is 0 Å². The molecule has 106 valence electrons. The van der Waals surface area contributed by atoms with E-state index >= 15 is 0 Å². The number of hydrogen-bond donors (Lipinski definition) is 1. The average molecular weight is 294 g/mol. The van der Waals surface area contributed by atoms with Gasteiger partial charge in [0.05, 0.1) is 0 Å². The predicted molar refractivity (Wildman–Crippen MR) is 78.2 cm³/mol. The fraction of sp³-hybridized carbons (Fsp3) is 0.333.